The Balaban J connectivity index is 1.89. The third-order valence-electron chi connectivity index (χ3n) is 2.48. The van der Waals surface area contributed by atoms with Crippen molar-refractivity contribution in [2.45, 2.75) is 19.5 Å². The van der Waals surface area contributed by atoms with Gasteiger partial charge in [-0.05, 0) is 17.7 Å². The summed E-state index contributed by atoms with van der Waals surface area (Å²) in [6, 6.07) is 8.21. The maximum absolute atomic E-state index is 12.5. The zero-order valence-corrected chi connectivity index (χ0v) is 9.68. The average Bonchev–Trinajstić information content (AvgIpc) is 2.40. The first-order valence-electron chi connectivity index (χ1n) is 5.58. The number of nitrogens with one attached hydrogen (secondary N) is 1. The third-order valence-corrected chi connectivity index (χ3v) is 2.48. The van der Waals surface area contributed by atoms with Gasteiger partial charge >= 0.3 is 0 Å². The Morgan fingerprint density at radius 2 is 2.06 bits per heavy atom. The molecule has 0 amide bonds. The molecular weight excluding hydrogens is 236 g/mol. The highest BCUT2D eigenvalue weighted by molar-refractivity contribution is 5.24. The second-order valence-corrected chi connectivity index (χ2v) is 3.85. The maximum Gasteiger partial charge on any atom is 0.263 e. The van der Waals surface area contributed by atoms with E-state index < -0.39 is 6.43 Å². The molecule has 94 valence electrons. The van der Waals surface area contributed by atoms with Crippen LogP contribution in [0.2, 0.25) is 0 Å². The van der Waals surface area contributed by atoms with Crippen LogP contribution in [0.3, 0.4) is 0 Å². The highest BCUT2D eigenvalue weighted by Crippen LogP contribution is 2.19. The molecule has 3 nitrogen and oxygen atoms in total. The molecule has 0 atom stereocenters. The Morgan fingerprint density at radius 1 is 1.17 bits per heavy atom. The summed E-state index contributed by atoms with van der Waals surface area (Å²) >= 11 is 0. The average molecular weight is 249 g/mol. The summed E-state index contributed by atoms with van der Waals surface area (Å²) in [6.45, 7) is 1.12. The summed E-state index contributed by atoms with van der Waals surface area (Å²) in [5, 5.41) is 3.15. The number of hydrogen-bond donors (Lipinski definition) is 1. The van der Waals surface area contributed by atoms with Crippen molar-refractivity contribution in [1.82, 2.24) is 15.3 Å². The highest BCUT2D eigenvalue weighted by Gasteiger charge is 2.06. The van der Waals surface area contributed by atoms with E-state index in [1.807, 2.05) is 12.1 Å². The predicted molar refractivity (Wildman–Crippen MR) is 64.0 cm³/mol. The second-order valence-electron chi connectivity index (χ2n) is 3.85. The van der Waals surface area contributed by atoms with Gasteiger partial charge in [-0.3, -0.25) is 0 Å². The van der Waals surface area contributed by atoms with E-state index in [1.54, 1.807) is 12.3 Å². The number of hydrogen-bond acceptors (Lipinski definition) is 3. The molecule has 0 bridgehead atoms. The van der Waals surface area contributed by atoms with E-state index in [1.165, 1.54) is 18.5 Å². The van der Waals surface area contributed by atoms with Crippen molar-refractivity contribution in [3.8, 4) is 0 Å². The molecule has 0 fully saturated rings. The monoisotopic (exact) mass is 249 g/mol. The Hall–Kier alpha value is -1.88. The standard InChI is InChI=1S/C13H13F2N3/c14-13(15)11-3-1-2-10(6-11)7-17-8-12-4-5-16-9-18-12/h1-6,9,13,17H,7-8H2. The highest BCUT2D eigenvalue weighted by atomic mass is 19.3. The van der Waals surface area contributed by atoms with Gasteiger partial charge in [0.15, 0.2) is 0 Å². The fourth-order valence-corrected chi connectivity index (χ4v) is 1.60. The minimum atomic E-state index is -2.42. The van der Waals surface area contributed by atoms with Gasteiger partial charge in [0.05, 0.1) is 5.69 Å². The molecule has 0 saturated carbocycles. The van der Waals surface area contributed by atoms with Gasteiger partial charge in [0.1, 0.15) is 6.33 Å². The fraction of sp³-hybridized carbons (Fsp3) is 0.231. The molecule has 0 radical (unpaired) electrons. The minimum Gasteiger partial charge on any atom is -0.307 e. The van der Waals surface area contributed by atoms with Crippen molar-refractivity contribution in [3.05, 3.63) is 59.7 Å². The Kier molecular flexibility index (Phi) is 4.30. The van der Waals surface area contributed by atoms with Crippen LogP contribution in [0.4, 0.5) is 8.78 Å². The fourth-order valence-electron chi connectivity index (χ4n) is 1.60. The van der Waals surface area contributed by atoms with Crippen LogP contribution in [0.15, 0.2) is 42.9 Å². The lowest BCUT2D eigenvalue weighted by atomic mass is 10.1. The molecule has 1 N–H and O–H groups in total. The van der Waals surface area contributed by atoms with Gasteiger partial charge in [0.25, 0.3) is 6.43 Å². The summed E-state index contributed by atoms with van der Waals surface area (Å²) in [4.78, 5) is 7.88. The Morgan fingerprint density at radius 3 is 2.78 bits per heavy atom. The smallest absolute Gasteiger partial charge is 0.263 e. The maximum atomic E-state index is 12.5. The summed E-state index contributed by atoms with van der Waals surface area (Å²) in [5.41, 5.74) is 1.76. The number of halogens is 2. The van der Waals surface area contributed by atoms with Gasteiger partial charge in [0.2, 0.25) is 0 Å². The molecule has 2 aromatic rings. The van der Waals surface area contributed by atoms with Crippen molar-refractivity contribution in [2.75, 3.05) is 0 Å². The molecule has 2 rings (SSSR count). The lowest BCUT2D eigenvalue weighted by molar-refractivity contribution is 0.151. The van der Waals surface area contributed by atoms with Gasteiger partial charge in [-0.2, -0.15) is 0 Å². The molecule has 0 aliphatic rings. The van der Waals surface area contributed by atoms with E-state index in [2.05, 4.69) is 15.3 Å². The number of nitrogens with zero attached hydrogens (tertiary/aromatic N) is 2. The first-order valence-corrected chi connectivity index (χ1v) is 5.58. The van der Waals surface area contributed by atoms with Crippen LogP contribution in [0.5, 0.6) is 0 Å². The van der Waals surface area contributed by atoms with E-state index in [4.69, 9.17) is 0 Å². The molecule has 5 heteroatoms. The van der Waals surface area contributed by atoms with Crippen LogP contribution >= 0.6 is 0 Å². The first kappa shape index (κ1) is 12.6. The van der Waals surface area contributed by atoms with Crippen molar-refractivity contribution in [2.24, 2.45) is 0 Å². The van der Waals surface area contributed by atoms with Gasteiger partial charge < -0.3 is 5.32 Å². The molecule has 1 heterocycles. The van der Waals surface area contributed by atoms with Crippen molar-refractivity contribution >= 4 is 0 Å². The van der Waals surface area contributed by atoms with Crippen LogP contribution in [-0.2, 0) is 13.1 Å². The molecule has 0 unspecified atom stereocenters. The molecule has 1 aromatic carbocycles. The number of aromatic nitrogens is 2. The lowest BCUT2D eigenvalue weighted by Crippen LogP contribution is -2.13. The molecule has 0 aliphatic heterocycles. The van der Waals surface area contributed by atoms with Crippen LogP contribution < -0.4 is 5.32 Å². The van der Waals surface area contributed by atoms with Crippen molar-refractivity contribution in [3.63, 3.8) is 0 Å². The molecule has 0 aliphatic carbocycles. The number of rotatable bonds is 5. The van der Waals surface area contributed by atoms with E-state index in [9.17, 15) is 8.78 Å². The Labute approximate surface area is 104 Å². The van der Waals surface area contributed by atoms with Gasteiger partial charge in [0, 0.05) is 24.8 Å². The van der Waals surface area contributed by atoms with E-state index >= 15 is 0 Å². The molecular formula is C13H13F2N3. The van der Waals surface area contributed by atoms with Crippen LogP contribution in [0.1, 0.15) is 23.2 Å². The quantitative estimate of drug-likeness (QED) is 0.885. The zero-order valence-electron chi connectivity index (χ0n) is 9.68. The van der Waals surface area contributed by atoms with Gasteiger partial charge in [-0.1, -0.05) is 18.2 Å². The van der Waals surface area contributed by atoms with Gasteiger partial charge in [-0.15, -0.1) is 0 Å². The normalized spacial score (nSPS) is 10.8. The van der Waals surface area contributed by atoms with Crippen molar-refractivity contribution < 1.29 is 8.78 Å². The predicted octanol–water partition coefficient (Wildman–Crippen LogP) is 2.70. The number of alkyl halides is 2. The van der Waals surface area contributed by atoms with Crippen molar-refractivity contribution in [1.29, 1.82) is 0 Å². The Bertz CT molecular complexity index is 489. The molecule has 0 saturated heterocycles. The van der Waals surface area contributed by atoms with E-state index in [0.29, 0.717) is 13.1 Å². The SMILES string of the molecule is FC(F)c1cccc(CNCc2ccncn2)c1. The minimum absolute atomic E-state index is 0.0522. The zero-order chi connectivity index (χ0) is 12.8. The second kappa shape index (κ2) is 6.16. The third kappa shape index (κ3) is 3.56. The number of benzene rings is 1. The van der Waals surface area contributed by atoms with Crippen LogP contribution in [-0.4, -0.2) is 9.97 Å². The van der Waals surface area contributed by atoms with Gasteiger partial charge in [-0.25, -0.2) is 18.7 Å². The topological polar surface area (TPSA) is 37.8 Å². The molecule has 1 aromatic heterocycles. The summed E-state index contributed by atoms with van der Waals surface area (Å²) < 4.78 is 25.0. The largest absolute Gasteiger partial charge is 0.307 e. The summed E-state index contributed by atoms with van der Waals surface area (Å²) in [6.07, 6.45) is 0.724. The molecule has 18 heavy (non-hydrogen) atoms. The molecule has 0 spiro atoms. The first-order chi connectivity index (χ1) is 8.75. The van der Waals surface area contributed by atoms with Crippen LogP contribution in [0, 0.1) is 0 Å². The summed E-state index contributed by atoms with van der Waals surface area (Å²) in [5.74, 6) is 0. The lowest BCUT2D eigenvalue weighted by Gasteiger charge is -2.06. The van der Waals surface area contributed by atoms with E-state index in [-0.39, 0.29) is 5.56 Å². The summed E-state index contributed by atoms with van der Waals surface area (Å²) in [7, 11) is 0. The van der Waals surface area contributed by atoms with E-state index in [0.717, 1.165) is 11.3 Å². The van der Waals surface area contributed by atoms with Crippen LogP contribution in [0.25, 0.3) is 0 Å².